The summed E-state index contributed by atoms with van der Waals surface area (Å²) in [5, 5.41) is 2.70. The minimum absolute atomic E-state index is 0.131. The van der Waals surface area contributed by atoms with Crippen LogP contribution >= 0.6 is 15.9 Å². The Morgan fingerprint density at radius 2 is 1.55 bits per heavy atom. The third kappa shape index (κ3) is 2.58. The molecule has 0 aromatic heterocycles. The highest BCUT2D eigenvalue weighted by molar-refractivity contribution is 9.10. The molecule has 2 aromatic carbocycles. The summed E-state index contributed by atoms with van der Waals surface area (Å²) in [6.07, 6.45) is 0. The van der Waals surface area contributed by atoms with Crippen LogP contribution in [0.15, 0.2) is 34.8 Å². The number of rotatable bonds is 3. The van der Waals surface area contributed by atoms with Gasteiger partial charge >= 0.3 is 0 Å². The molecule has 0 spiro atoms. The predicted molar refractivity (Wildman–Crippen MR) is 71.3 cm³/mol. The molecule has 0 amide bonds. The topological polar surface area (TPSA) is 12.0 Å². The third-order valence-corrected chi connectivity index (χ3v) is 3.57. The van der Waals surface area contributed by atoms with E-state index in [4.69, 9.17) is 0 Å². The molecule has 0 saturated heterocycles. The summed E-state index contributed by atoms with van der Waals surface area (Å²) < 4.78 is 54.4. The quantitative estimate of drug-likeness (QED) is 0.644. The summed E-state index contributed by atoms with van der Waals surface area (Å²) >= 11 is 3.03. The monoisotopic (exact) mass is 347 g/mol. The van der Waals surface area contributed by atoms with Crippen molar-refractivity contribution in [2.24, 2.45) is 0 Å². The van der Waals surface area contributed by atoms with Gasteiger partial charge in [-0.3, -0.25) is 0 Å². The highest BCUT2D eigenvalue weighted by Gasteiger charge is 2.23. The first-order valence-corrected chi connectivity index (χ1v) is 6.51. The van der Waals surface area contributed by atoms with Gasteiger partial charge in [0.05, 0.1) is 10.5 Å². The standard InChI is InChI=1S/C14H10BrF4N/c1-20-14(7-3-2-4-9(15)11(7)17)8-5-6-10(16)13(19)12(8)18/h2-6,14,20H,1H3. The summed E-state index contributed by atoms with van der Waals surface area (Å²) in [4.78, 5) is 0. The van der Waals surface area contributed by atoms with E-state index < -0.39 is 29.3 Å². The fraction of sp³-hybridized carbons (Fsp3) is 0.143. The molecule has 20 heavy (non-hydrogen) atoms. The van der Waals surface area contributed by atoms with Crippen LogP contribution < -0.4 is 5.32 Å². The minimum Gasteiger partial charge on any atom is -0.309 e. The molecule has 1 atom stereocenters. The normalized spacial score (nSPS) is 12.5. The lowest BCUT2D eigenvalue weighted by molar-refractivity contribution is 0.433. The van der Waals surface area contributed by atoms with E-state index in [1.54, 1.807) is 6.07 Å². The van der Waals surface area contributed by atoms with Crippen LogP contribution in [0.4, 0.5) is 17.6 Å². The van der Waals surface area contributed by atoms with E-state index in [-0.39, 0.29) is 15.6 Å². The predicted octanol–water partition coefficient (Wildman–Crippen LogP) is 4.31. The van der Waals surface area contributed by atoms with Gasteiger partial charge in [0.2, 0.25) is 0 Å². The Labute approximate surface area is 121 Å². The van der Waals surface area contributed by atoms with Crippen molar-refractivity contribution < 1.29 is 17.6 Å². The lowest BCUT2D eigenvalue weighted by atomic mass is 9.97. The molecule has 6 heteroatoms. The fourth-order valence-electron chi connectivity index (χ4n) is 1.99. The highest BCUT2D eigenvalue weighted by atomic mass is 79.9. The van der Waals surface area contributed by atoms with Gasteiger partial charge in [-0.05, 0) is 35.1 Å². The Hall–Kier alpha value is -1.40. The molecule has 0 radical (unpaired) electrons. The fourth-order valence-corrected chi connectivity index (χ4v) is 2.37. The zero-order valence-electron chi connectivity index (χ0n) is 10.4. The van der Waals surface area contributed by atoms with Gasteiger partial charge in [0.25, 0.3) is 0 Å². The van der Waals surface area contributed by atoms with Gasteiger partial charge in [0.1, 0.15) is 5.82 Å². The molecule has 0 aliphatic carbocycles. The molecule has 0 fully saturated rings. The molecule has 0 heterocycles. The molecule has 1 N–H and O–H groups in total. The maximum atomic E-state index is 14.1. The van der Waals surface area contributed by atoms with E-state index in [9.17, 15) is 17.6 Å². The Balaban J connectivity index is 2.59. The molecule has 0 aliphatic rings. The molecular weight excluding hydrogens is 338 g/mol. The number of hydrogen-bond donors (Lipinski definition) is 1. The van der Waals surface area contributed by atoms with Crippen LogP contribution in [0.2, 0.25) is 0 Å². The van der Waals surface area contributed by atoms with Gasteiger partial charge in [-0.15, -0.1) is 0 Å². The first kappa shape index (κ1) is 15.0. The Morgan fingerprint density at radius 1 is 0.900 bits per heavy atom. The van der Waals surface area contributed by atoms with Gasteiger partial charge in [0, 0.05) is 11.1 Å². The molecule has 106 valence electrons. The van der Waals surface area contributed by atoms with E-state index in [1.807, 2.05) is 0 Å². The third-order valence-electron chi connectivity index (χ3n) is 2.96. The molecule has 2 aromatic rings. The van der Waals surface area contributed by atoms with Crippen molar-refractivity contribution in [1.82, 2.24) is 5.32 Å². The number of hydrogen-bond acceptors (Lipinski definition) is 1. The molecular formula is C14H10BrF4N. The van der Waals surface area contributed by atoms with E-state index in [2.05, 4.69) is 21.2 Å². The van der Waals surface area contributed by atoms with E-state index in [1.165, 1.54) is 19.2 Å². The second-order valence-corrected chi connectivity index (χ2v) is 4.98. The van der Waals surface area contributed by atoms with Crippen LogP contribution in [0.5, 0.6) is 0 Å². The minimum atomic E-state index is -1.57. The van der Waals surface area contributed by atoms with Crippen molar-refractivity contribution in [3.8, 4) is 0 Å². The van der Waals surface area contributed by atoms with Crippen molar-refractivity contribution in [3.63, 3.8) is 0 Å². The summed E-state index contributed by atoms with van der Waals surface area (Å²) in [6.45, 7) is 0. The van der Waals surface area contributed by atoms with Crippen LogP contribution in [-0.4, -0.2) is 7.05 Å². The largest absolute Gasteiger partial charge is 0.309 e. The summed E-state index contributed by atoms with van der Waals surface area (Å²) in [5.74, 6) is -4.77. The summed E-state index contributed by atoms with van der Waals surface area (Å²) in [5.41, 5.74) is -0.0322. The Morgan fingerprint density at radius 3 is 2.20 bits per heavy atom. The van der Waals surface area contributed by atoms with E-state index >= 15 is 0 Å². The van der Waals surface area contributed by atoms with Crippen molar-refractivity contribution in [2.75, 3.05) is 7.05 Å². The lowest BCUT2D eigenvalue weighted by Crippen LogP contribution is -2.21. The molecule has 1 nitrogen and oxygen atoms in total. The lowest BCUT2D eigenvalue weighted by Gasteiger charge is -2.19. The van der Waals surface area contributed by atoms with Gasteiger partial charge in [-0.1, -0.05) is 18.2 Å². The van der Waals surface area contributed by atoms with Crippen LogP contribution in [0, 0.1) is 23.3 Å². The van der Waals surface area contributed by atoms with Gasteiger partial charge in [0.15, 0.2) is 17.5 Å². The molecule has 0 aliphatic heterocycles. The molecule has 0 saturated carbocycles. The number of halogens is 5. The van der Waals surface area contributed by atoms with Crippen molar-refractivity contribution in [3.05, 3.63) is 69.2 Å². The van der Waals surface area contributed by atoms with Crippen LogP contribution in [0.1, 0.15) is 17.2 Å². The SMILES string of the molecule is CNC(c1cccc(Br)c1F)c1ccc(F)c(F)c1F. The van der Waals surface area contributed by atoms with Gasteiger partial charge in [-0.25, -0.2) is 17.6 Å². The van der Waals surface area contributed by atoms with Crippen molar-refractivity contribution in [1.29, 1.82) is 0 Å². The van der Waals surface area contributed by atoms with Crippen molar-refractivity contribution >= 4 is 15.9 Å². The molecule has 2 rings (SSSR count). The maximum Gasteiger partial charge on any atom is 0.194 e. The Kier molecular flexibility index (Phi) is 4.45. The number of nitrogens with one attached hydrogen (secondary N) is 1. The van der Waals surface area contributed by atoms with E-state index in [0.29, 0.717) is 0 Å². The Bertz CT molecular complexity index is 645. The first-order chi connectivity index (χ1) is 9.47. The zero-order chi connectivity index (χ0) is 14.9. The second-order valence-electron chi connectivity index (χ2n) is 4.13. The second kappa shape index (κ2) is 5.93. The van der Waals surface area contributed by atoms with Gasteiger partial charge in [-0.2, -0.15) is 0 Å². The average Bonchev–Trinajstić information content (AvgIpc) is 2.44. The summed E-state index contributed by atoms with van der Waals surface area (Å²) in [6, 6.07) is 5.49. The van der Waals surface area contributed by atoms with E-state index in [0.717, 1.165) is 12.1 Å². The average molecular weight is 348 g/mol. The highest BCUT2D eigenvalue weighted by Crippen LogP contribution is 2.30. The summed E-state index contributed by atoms with van der Waals surface area (Å²) in [7, 11) is 1.48. The smallest absolute Gasteiger partial charge is 0.194 e. The van der Waals surface area contributed by atoms with Crippen LogP contribution in [0.25, 0.3) is 0 Å². The van der Waals surface area contributed by atoms with Gasteiger partial charge < -0.3 is 5.32 Å². The van der Waals surface area contributed by atoms with Crippen LogP contribution in [-0.2, 0) is 0 Å². The maximum absolute atomic E-state index is 14.1. The number of benzene rings is 2. The molecule has 1 unspecified atom stereocenters. The first-order valence-electron chi connectivity index (χ1n) is 5.72. The van der Waals surface area contributed by atoms with Crippen molar-refractivity contribution in [2.45, 2.75) is 6.04 Å². The molecule has 0 bridgehead atoms. The zero-order valence-corrected chi connectivity index (χ0v) is 11.9. The van der Waals surface area contributed by atoms with Crippen LogP contribution in [0.3, 0.4) is 0 Å².